The SMILES string of the molecule is CCOC1(C(N)C2CCCCC2)CCCCC1. The van der Waals surface area contributed by atoms with Crippen LogP contribution in [0.1, 0.15) is 71.1 Å². The highest BCUT2D eigenvalue weighted by molar-refractivity contribution is 4.97. The summed E-state index contributed by atoms with van der Waals surface area (Å²) in [7, 11) is 0. The highest BCUT2D eigenvalue weighted by Crippen LogP contribution is 2.39. The summed E-state index contributed by atoms with van der Waals surface area (Å²) in [6.45, 7) is 2.93. The molecule has 100 valence electrons. The number of hydrogen-bond acceptors (Lipinski definition) is 2. The van der Waals surface area contributed by atoms with Gasteiger partial charge in [-0.2, -0.15) is 0 Å². The molecular formula is C15H29NO. The Morgan fingerprint density at radius 2 is 1.65 bits per heavy atom. The van der Waals surface area contributed by atoms with Crippen molar-refractivity contribution in [2.75, 3.05) is 6.61 Å². The van der Waals surface area contributed by atoms with E-state index in [-0.39, 0.29) is 11.6 Å². The molecule has 0 aromatic rings. The zero-order valence-electron chi connectivity index (χ0n) is 11.4. The Hall–Kier alpha value is -0.0800. The zero-order valence-corrected chi connectivity index (χ0v) is 11.4. The van der Waals surface area contributed by atoms with Crippen LogP contribution >= 0.6 is 0 Å². The largest absolute Gasteiger partial charge is 0.374 e. The van der Waals surface area contributed by atoms with Crippen LogP contribution in [0.25, 0.3) is 0 Å². The second kappa shape index (κ2) is 6.19. The van der Waals surface area contributed by atoms with E-state index in [2.05, 4.69) is 6.92 Å². The summed E-state index contributed by atoms with van der Waals surface area (Å²) < 4.78 is 6.16. The van der Waals surface area contributed by atoms with Crippen LogP contribution in [0, 0.1) is 5.92 Å². The molecule has 0 aromatic carbocycles. The van der Waals surface area contributed by atoms with Crippen LogP contribution in [0.2, 0.25) is 0 Å². The lowest BCUT2D eigenvalue weighted by Gasteiger charge is -2.45. The van der Waals surface area contributed by atoms with Gasteiger partial charge in [0, 0.05) is 12.6 Å². The maximum Gasteiger partial charge on any atom is 0.0835 e. The van der Waals surface area contributed by atoms with Crippen molar-refractivity contribution in [3.63, 3.8) is 0 Å². The second-order valence-electron chi connectivity index (χ2n) is 5.98. The van der Waals surface area contributed by atoms with Crippen LogP contribution in [-0.2, 0) is 4.74 Å². The summed E-state index contributed by atoms with van der Waals surface area (Å²) in [4.78, 5) is 0. The molecule has 1 atom stereocenters. The summed E-state index contributed by atoms with van der Waals surface area (Å²) in [5.74, 6) is 0.716. The molecule has 2 aliphatic carbocycles. The van der Waals surface area contributed by atoms with Crippen molar-refractivity contribution in [2.45, 2.75) is 82.8 Å². The maximum absolute atomic E-state index is 6.62. The summed E-state index contributed by atoms with van der Waals surface area (Å²) in [5, 5.41) is 0. The smallest absolute Gasteiger partial charge is 0.0835 e. The molecule has 0 heterocycles. The minimum Gasteiger partial charge on any atom is -0.374 e. The monoisotopic (exact) mass is 239 g/mol. The van der Waals surface area contributed by atoms with Crippen LogP contribution in [-0.4, -0.2) is 18.2 Å². The van der Waals surface area contributed by atoms with Gasteiger partial charge in [-0.25, -0.2) is 0 Å². The van der Waals surface area contributed by atoms with Crippen molar-refractivity contribution in [2.24, 2.45) is 11.7 Å². The third-order valence-corrected chi connectivity index (χ3v) is 4.90. The first-order valence-electron chi connectivity index (χ1n) is 7.68. The van der Waals surface area contributed by atoms with Gasteiger partial charge in [-0.15, -0.1) is 0 Å². The van der Waals surface area contributed by atoms with Crippen LogP contribution in [0.5, 0.6) is 0 Å². The second-order valence-corrected chi connectivity index (χ2v) is 5.98. The third kappa shape index (κ3) is 3.03. The molecule has 0 spiro atoms. The minimum absolute atomic E-state index is 0.0228. The molecule has 2 nitrogen and oxygen atoms in total. The lowest BCUT2D eigenvalue weighted by Crippen LogP contribution is -2.55. The van der Waals surface area contributed by atoms with Gasteiger partial charge in [-0.1, -0.05) is 38.5 Å². The fraction of sp³-hybridized carbons (Fsp3) is 1.00. The van der Waals surface area contributed by atoms with Gasteiger partial charge in [-0.05, 0) is 38.5 Å². The van der Waals surface area contributed by atoms with Crippen LogP contribution in [0.3, 0.4) is 0 Å². The molecule has 17 heavy (non-hydrogen) atoms. The van der Waals surface area contributed by atoms with E-state index in [1.807, 2.05) is 0 Å². The Kier molecular flexibility index (Phi) is 4.87. The van der Waals surface area contributed by atoms with E-state index in [0.29, 0.717) is 5.92 Å². The molecule has 0 aromatic heterocycles. The highest BCUT2D eigenvalue weighted by Gasteiger charge is 2.42. The Balaban J connectivity index is 2.02. The standard InChI is InChI=1S/C15H29NO/c1-2-17-15(11-7-4-8-12-15)14(16)13-9-5-3-6-10-13/h13-14H,2-12,16H2,1H3. The highest BCUT2D eigenvalue weighted by atomic mass is 16.5. The van der Waals surface area contributed by atoms with Crippen LogP contribution in [0.4, 0.5) is 0 Å². The summed E-state index contributed by atoms with van der Waals surface area (Å²) in [5.41, 5.74) is 6.64. The molecule has 2 fully saturated rings. The van der Waals surface area contributed by atoms with E-state index in [9.17, 15) is 0 Å². The van der Waals surface area contributed by atoms with E-state index >= 15 is 0 Å². The van der Waals surface area contributed by atoms with Crippen LogP contribution < -0.4 is 5.73 Å². The fourth-order valence-corrected chi connectivity index (χ4v) is 3.93. The van der Waals surface area contributed by atoms with Gasteiger partial charge in [0.05, 0.1) is 5.60 Å². The van der Waals surface area contributed by atoms with E-state index < -0.39 is 0 Å². The number of ether oxygens (including phenoxy) is 1. The molecule has 1 unspecified atom stereocenters. The minimum atomic E-state index is 0.0228. The third-order valence-electron chi connectivity index (χ3n) is 4.90. The van der Waals surface area contributed by atoms with Gasteiger partial charge in [0.2, 0.25) is 0 Å². The topological polar surface area (TPSA) is 35.2 Å². The Bertz CT molecular complexity index is 211. The van der Waals surface area contributed by atoms with Crippen molar-refractivity contribution >= 4 is 0 Å². The predicted octanol–water partition coefficient (Wildman–Crippen LogP) is 3.63. The van der Waals surface area contributed by atoms with Gasteiger partial charge in [0.15, 0.2) is 0 Å². The number of nitrogens with two attached hydrogens (primary N) is 1. The number of hydrogen-bond donors (Lipinski definition) is 1. The predicted molar refractivity (Wildman–Crippen MR) is 72.0 cm³/mol. The van der Waals surface area contributed by atoms with Gasteiger partial charge >= 0.3 is 0 Å². The quantitative estimate of drug-likeness (QED) is 0.813. The molecule has 2 heteroatoms. The van der Waals surface area contributed by atoms with Crippen LogP contribution in [0.15, 0.2) is 0 Å². The van der Waals surface area contributed by atoms with Crippen molar-refractivity contribution in [1.29, 1.82) is 0 Å². The molecule has 2 N–H and O–H groups in total. The average molecular weight is 239 g/mol. The first-order valence-corrected chi connectivity index (χ1v) is 7.68. The van der Waals surface area contributed by atoms with Crippen molar-refractivity contribution in [3.8, 4) is 0 Å². The fourth-order valence-electron chi connectivity index (χ4n) is 3.93. The first-order chi connectivity index (χ1) is 8.28. The zero-order chi connectivity index (χ0) is 12.1. The molecule has 0 aliphatic heterocycles. The normalized spacial score (nSPS) is 27.9. The lowest BCUT2D eigenvalue weighted by atomic mass is 9.71. The van der Waals surface area contributed by atoms with Gasteiger partial charge in [-0.3, -0.25) is 0 Å². The molecule has 2 rings (SSSR count). The Morgan fingerprint density at radius 1 is 1.06 bits per heavy atom. The van der Waals surface area contributed by atoms with E-state index in [0.717, 1.165) is 6.61 Å². The molecule has 2 aliphatic rings. The van der Waals surface area contributed by atoms with Gasteiger partial charge < -0.3 is 10.5 Å². The first kappa shape index (κ1) is 13.4. The Labute approximate surface area is 106 Å². The number of rotatable bonds is 4. The van der Waals surface area contributed by atoms with Crippen molar-refractivity contribution in [1.82, 2.24) is 0 Å². The van der Waals surface area contributed by atoms with E-state index in [4.69, 9.17) is 10.5 Å². The Morgan fingerprint density at radius 3 is 2.24 bits per heavy atom. The summed E-state index contributed by atoms with van der Waals surface area (Å²) in [6, 6.07) is 0.281. The molecule has 2 saturated carbocycles. The van der Waals surface area contributed by atoms with E-state index in [1.165, 1.54) is 64.2 Å². The van der Waals surface area contributed by atoms with Crippen molar-refractivity contribution in [3.05, 3.63) is 0 Å². The van der Waals surface area contributed by atoms with Gasteiger partial charge in [0.25, 0.3) is 0 Å². The molecule has 0 bridgehead atoms. The lowest BCUT2D eigenvalue weighted by molar-refractivity contribution is -0.0961. The summed E-state index contributed by atoms with van der Waals surface area (Å²) in [6.07, 6.45) is 13.2. The molecule has 0 amide bonds. The maximum atomic E-state index is 6.62. The van der Waals surface area contributed by atoms with Gasteiger partial charge in [0.1, 0.15) is 0 Å². The van der Waals surface area contributed by atoms with E-state index in [1.54, 1.807) is 0 Å². The molecule has 0 saturated heterocycles. The summed E-state index contributed by atoms with van der Waals surface area (Å²) >= 11 is 0. The average Bonchev–Trinajstić information content (AvgIpc) is 2.40. The molecule has 0 radical (unpaired) electrons. The molecular weight excluding hydrogens is 210 g/mol. The van der Waals surface area contributed by atoms with Crippen molar-refractivity contribution < 1.29 is 4.74 Å².